The molecule has 0 amide bonds. The van der Waals surface area contributed by atoms with E-state index in [4.69, 9.17) is 0 Å². The molecule has 1 saturated heterocycles. The number of nitrogens with one attached hydrogen (secondary N) is 1. The van der Waals surface area contributed by atoms with Gasteiger partial charge in [-0.15, -0.1) is 0 Å². The number of aromatic nitrogens is 3. The zero-order chi connectivity index (χ0) is 12.4. The van der Waals surface area contributed by atoms with E-state index < -0.39 is 0 Å². The monoisotopic (exact) mass is 242 g/mol. The maximum atomic E-state index is 4.54. The average Bonchev–Trinajstić information content (AvgIpc) is 3.03. The van der Waals surface area contributed by atoms with Crippen molar-refractivity contribution >= 4 is 0 Å². The van der Waals surface area contributed by atoms with Crippen LogP contribution in [0, 0.1) is 12.8 Å². The fourth-order valence-electron chi connectivity index (χ4n) is 2.55. The Hall–Kier alpha value is -1.68. The first-order valence-electron chi connectivity index (χ1n) is 6.48. The summed E-state index contributed by atoms with van der Waals surface area (Å²) in [5.74, 6) is 1.78. The molecule has 1 atom stereocenters. The fraction of sp³-hybridized carbons (Fsp3) is 0.429. The number of nitrogens with zero attached hydrogens (tertiary/aromatic N) is 3. The van der Waals surface area contributed by atoms with Gasteiger partial charge in [-0.1, -0.05) is 0 Å². The first-order chi connectivity index (χ1) is 8.84. The number of pyridine rings is 1. The van der Waals surface area contributed by atoms with Crippen LogP contribution in [0.1, 0.15) is 12.1 Å². The van der Waals surface area contributed by atoms with Gasteiger partial charge in [-0.2, -0.15) is 0 Å². The lowest BCUT2D eigenvalue weighted by Gasteiger charge is -2.14. The molecule has 1 N–H and O–H groups in total. The van der Waals surface area contributed by atoms with E-state index >= 15 is 0 Å². The smallest absolute Gasteiger partial charge is 0.140 e. The Morgan fingerprint density at radius 3 is 2.94 bits per heavy atom. The predicted octanol–water partition coefficient (Wildman–Crippen LogP) is 1.86. The Bertz CT molecular complexity index is 512. The van der Waals surface area contributed by atoms with Gasteiger partial charge in [0.05, 0.1) is 0 Å². The van der Waals surface area contributed by atoms with Crippen LogP contribution in [0.5, 0.6) is 0 Å². The molecule has 0 saturated carbocycles. The van der Waals surface area contributed by atoms with Crippen molar-refractivity contribution in [2.45, 2.75) is 19.9 Å². The summed E-state index contributed by atoms with van der Waals surface area (Å²) < 4.78 is 2.33. The average molecular weight is 242 g/mol. The standard InChI is InChI=1S/C14H18N4/c1-11-8-17-14(13-3-6-15-7-4-13)18(11)10-12-2-5-16-9-12/h3-4,6-8,12,16H,2,5,9-10H2,1H3. The van der Waals surface area contributed by atoms with Crippen molar-refractivity contribution in [1.82, 2.24) is 19.9 Å². The number of aryl methyl sites for hydroxylation is 1. The van der Waals surface area contributed by atoms with Gasteiger partial charge in [0.1, 0.15) is 5.82 Å². The second-order valence-electron chi connectivity index (χ2n) is 4.93. The van der Waals surface area contributed by atoms with Gasteiger partial charge in [0, 0.05) is 36.4 Å². The van der Waals surface area contributed by atoms with Crippen LogP contribution in [0.4, 0.5) is 0 Å². The number of hydrogen-bond acceptors (Lipinski definition) is 3. The lowest BCUT2D eigenvalue weighted by atomic mass is 10.1. The zero-order valence-corrected chi connectivity index (χ0v) is 10.6. The highest BCUT2D eigenvalue weighted by Crippen LogP contribution is 2.21. The van der Waals surface area contributed by atoms with E-state index in [1.165, 1.54) is 12.1 Å². The molecule has 3 heterocycles. The van der Waals surface area contributed by atoms with Crippen molar-refractivity contribution in [3.63, 3.8) is 0 Å². The van der Waals surface area contributed by atoms with Gasteiger partial charge in [0.15, 0.2) is 0 Å². The van der Waals surface area contributed by atoms with Crippen molar-refractivity contribution < 1.29 is 0 Å². The summed E-state index contributed by atoms with van der Waals surface area (Å²) >= 11 is 0. The molecule has 4 heteroatoms. The van der Waals surface area contributed by atoms with E-state index in [1.807, 2.05) is 30.7 Å². The van der Waals surface area contributed by atoms with E-state index in [9.17, 15) is 0 Å². The summed E-state index contributed by atoms with van der Waals surface area (Å²) in [6.07, 6.45) is 6.85. The first-order valence-corrected chi connectivity index (χ1v) is 6.48. The van der Waals surface area contributed by atoms with Crippen LogP contribution in [-0.4, -0.2) is 27.6 Å². The van der Waals surface area contributed by atoms with E-state index in [2.05, 4.69) is 26.8 Å². The molecular formula is C14H18N4. The van der Waals surface area contributed by atoms with Crippen molar-refractivity contribution in [2.24, 2.45) is 5.92 Å². The van der Waals surface area contributed by atoms with Crippen LogP contribution in [0.2, 0.25) is 0 Å². The molecule has 1 aliphatic heterocycles. The maximum absolute atomic E-state index is 4.54. The second kappa shape index (κ2) is 4.90. The van der Waals surface area contributed by atoms with Crippen LogP contribution in [0.15, 0.2) is 30.7 Å². The quantitative estimate of drug-likeness (QED) is 0.893. The molecule has 18 heavy (non-hydrogen) atoms. The molecule has 2 aromatic rings. The molecule has 1 unspecified atom stereocenters. The molecule has 2 aromatic heterocycles. The molecule has 1 aliphatic rings. The summed E-state index contributed by atoms with van der Waals surface area (Å²) in [6, 6.07) is 4.04. The third kappa shape index (κ3) is 2.16. The van der Waals surface area contributed by atoms with Crippen molar-refractivity contribution in [3.05, 3.63) is 36.4 Å². The van der Waals surface area contributed by atoms with Crippen LogP contribution in [0.25, 0.3) is 11.4 Å². The second-order valence-corrected chi connectivity index (χ2v) is 4.93. The SMILES string of the molecule is Cc1cnc(-c2ccncc2)n1CC1CCNC1. The van der Waals surface area contributed by atoms with E-state index in [1.54, 1.807) is 0 Å². The van der Waals surface area contributed by atoms with Crippen LogP contribution in [-0.2, 0) is 6.54 Å². The minimum absolute atomic E-state index is 0.721. The third-order valence-electron chi connectivity index (χ3n) is 3.60. The van der Waals surface area contributed by atoms with Gasteiger partial charge in [-0.25, -0.2) is 4.98 Å². The number of hydrogen-bond donors (Lipinski definition) is 1. The number of imidazole rings is 1. The Morgan fingerprint density at radius 2 is 2.22 bits per heavy atom. The van der Waals surface area contributed by atoms with Gasteiger partial charge in [0.2, 0.25) is 0 Å². The predicted molar refractivity (Wildman–Crippen MR) is 71.2 cm³/mol. The normalized spacial score (nSPS) is 19.3. The minimum atomic E-state index is 0.721. The molecule has 3 rings (SSSR count). The summed E-state index contributed by atoms with van der Waals surface area (Å²) in [6.45, 7) is 5.44. The van der Waals surface area contributed by atoms with Crippen LogP contribution >= 0.6 is 0 Å². The topological polar surface area (TPSA) is 42.7 Å². The molecule has 0 aromatic carbocycles. The van der Waals surface area contributed by atoms with E-state index in [0.717, 1.165) is 36.9 Å². The van der Waals surface area contributed by atoms with Gasteiger partial charge in [-0.05, 0) is 44.5 Å². The molecule has 1 fully saturated rings. The van der Waals surface area contributed by atoms with Crippen molar-refractivity contribution in [2.75, 3.05) is 13.1 Å². The lowest BCUT2D eigenvalue weighted by molar-refractivity contribution is 0.479. The maximum Gasteiger partial charge on any atom is 0.140 e. The number of rotatable bonds is 3. The molecule has 4 nitrogen and oxygen atoms in total. The third-order valence-corrected chi connectivity index (χ3v) is 3.60. The largest absolute Gasteiger partial charge is 0.328 e. The van der Waals surface area contributed by atoms with Gasteiger partial charge < -0.3 is 9.88 Å². The van der Waals surface area contributed by atoms with Gasteiger partial charge in [-0.3, -0.25) is 4.98 Å². The molecule has 94 valence electrons. The highest BCUT2D eigenvalue weighted by molar-refractivity contribution is 5.55. The molecular weight excluding hydrogens is 224 g/mol. The Balaban J connectivity index is 1.91. The van der Waals surface area contributed by atoms with Gasteiger partial charge in [0.25, 0.3) is 0 Å². The van der Waals surface area contributed by atoms with Crippen molar-refractivity contribution in [3.8, 4) is 11.4 Å². The highest BCUT2D eigenvalue weighted by atomic mass is 15.1. The Kier molecular flexibility index (Phi) is 3.11. The van der Waals surface area contributed by atoms with Crippen LogP contribution < -0.4 is 5.32 Å². The molecule has 0 spiro atoms. The Morgan fingerprint density at radius 1 is 1.39 bits per heavy atom. The lowest BCUT2D eigenvalue weighted by Crippen LogP contribution is -2.16. The van der Waals surface area contributed by atoms with E-state index in [0.29, 0.717) is 0 Å². The summed E-state index contributed by atoms with van der Waals surface area (Å²) in [5.41, 5.74) is 2.37. The summed E-state index contributed by atoms with van der Waals surface area (Å²) in [5, 5.41) is 3.42. The van der Waals surface area contributed by atoms with Gasteiger partial charge >= 0.3 is 0 Å². The van der Waals surface area contributed by atoms with Crippen molar-refractivity contribution in [1.29, 1.82) is 0 Å². The molecule has 0 aliphatic carbocycles. The fourth-order valence-corrected chi connectivity index (χ4v) is 2.55. The Labute approximate surface area is 107 Å². The first kappa shape index (κ1) is 11.4. The molecule has 0 radical (unpaired) electrons. The highest BCUT2D eigenvalue weighted by Gasteiger charge is 2.18. The summed E-state index contributed by atoms with van der Waals surface area (Å²) in [4.78, 5) is 8.61. The van der Waals surface area contributed by atoms with E-state index in [-0.39, 0.29) is 0 Å². The molecule has 0 bridgehead atoms. The zero-order valence-electron chi connectivity index (χ0n) is 10.6. The van der Waals surface area contributed by atoms with Crippen LogP contribution in [0.3, 0.4) is 0 Å². The minimum Gasteiger partial charge on any atom is -0.328 e. The summed E-state index contributed by atoms with van der Waals surface area (Å²) in [7, 11) is 0.